The second-order valence-electron chi connectivity index (χ2n) is 6.66. The van der Waals surface area contributed by atoms with Gasteiger partial charge in [0.1, 0.15) is 5.82 Å². The summed E-state index contributed by atoms with van der Waals surface area (Å²) in [5, 5.41) is 3.03. The number of aromatic nitrogens is 1. The third-order valence-corrected chi connectivity index (χ3v) is 4.50. The Morgan fingerprint density at radius 2 is 1.92 bits per heavy atom. The number of rotatable bonds is 4. The summed E-state index contributed by atoms with van der Waals surface area (Å²) in [4.78, 5) is 19.5. The SMILES string of the molecule is CC(C)c1cccc(NC(=O)c2cccnc2N2CCCCC2)c1. The number of hydrogen-bond donors (Lipinski definition) is 1. The zero-order chi connectivity index (χ0) is 16.9. The summed E-state index contributed by atoms with van der Waals surface area (Å²) in [6.07, 6.45) is 5.34. The molecular formula is C20H25N3O. The lowest BCUT2D eigenvalue weighted by Crippen LogP contribution is -2.32. The second kappa shape index (κ2) is 7.47. The van der Waals surface area contributed by atoms with Crippen LogP contribution in [0.25, 0.3) is 0 Å². The molecule has 0 aliphatic carbocycles. The van der Waals surface area contributed by atoms with Gasteiger partial charge in [-0.1, -0.05) is 26.0 Å². The van der Waals surface area contributed by atoms with Crippen LogP contribution in [0.1, 0.15) is 54.9 Å². The molecule has 0 radical (unpaired) electrons. The van der Waals surface area contributed by atoms with Gasteiger partial charge in [-0.3, -0.25) is 4.79 Å². The maximum absolute atomic E-state index is 12.8. The molecule has 2 heterocycles. The standard InChI is InChI=1S/C20H25N3O/c1-15(2)16-8-6-9-17(14-16)22-20(24)18-10-7-11-21-19(18)23-12-4-3-5-13-23/h6-11,14-15H,3-5,12-13H2,1-2H3,(H,22,24). The number of benzene rings is 1. The molecule has 126 valence electrons. The van der Waals surface area contributed by atoms with E-state index in [0.29, 0.717) is 11.5 Å². The van der Waals surface area contributed by atoms with Crippen molar-refractivity contribution >= 4 is 17.4 Å². The molecule has 0 saturated carbocycles. The molecule has 0 spiro atoms. The number of piperidine rings is 1. The van der Waals surface area contributed by atoms with Crippen LogP contribution in [0.15, 0.2) is 42.6 Å². The predicted octanol–water partition coefficient (Wildman–Crippen LogP) is 4.45. The van der Waals surface area contributed by atoms with E-state index in [1.54, 1.807) is 6.20 Å². The largest absolute Gasteiger partial charge is 0.356 e. The first-order valence-corrected chi connectivity index (χ1v) is 8.76. The van der Waals surface area contributed by atoms with Crippen molar-refractivity contribution in [1.82, 2.24) is 4.98 Å². The van der Waals surface area contributed by atoms with Crippen LogP contribution in [-0.2, 0) is 0 Å². The highest BCUT2D eigenvalue weighted by molar-refractivity contribution is 6.07. The van der Waals surface area contributed by atoms with E-state index in [0.717, 1.165) is 37.4 Å². The van der Waals surface area contributed by atoms with E-state index in [1.165, 1.54) is 12.0 Å². The Hall–Kier alpha value is -2.36. The zero-order valence-electron chi connectivity index (χ0n) is 14.5. The van der Waals surface area contributed by atoms with Crippen molar-refractivity contribution in [3.8, 4) is 0 Å². The molecule has 24 heavy (non-hydrogen) atoms. The number of amides is 1. The third kappa shape index (κ3) is 3.75. The second-order valence-corrected chi connectivity index (χ2v) is 6.66. The summed E-state index contributed by atoms with van der Waals surface area (Å²) in [6, 6.07) is 11.7. The molecule has 4 nitrogen and oxygen atoms in total. The molecule has 1 aliphatic rings. The van der Waals surface area contributed by atoms with Crippen molar-refractivity contribution in [2.24, 2.45) is 0 Å². The topological polar surface area (TPSA) is 45.2 Å². The fourth-order valence-corrected chi connectivity index (χ4v) is 3.11. The molecular weight excluding hydrogens is 298 g/mol. The number of nitrogens with zero attached hydrogens (tertiary/aromatic N) is 2. The molecule has 1 saturated heterocycles. The minimum absolute atomic E-state index is 0.0930. The normalized spacial score (nSPS) is 14.7. The molecule has 0 bridgehead atoms. The van der Waals surface area contributed by atoms with E-state index in [4.69, 9.17) is 0 Å². The minimum Gasteiger partial charge on any atom is -0.356 e. The molecule has 0 unspecified atom stereocenters. The Bertz CT molecular complexity index is 706. The number of carbonyl (C=O) groups is 1. The van der Waals surface area contributed by atoms with Gasteiger partial charge in [-0.2, -0.15) is 0 Å². The highest BCUT2D eigenvalue weighted by Gasteiger charge is 2.19. The van der Waals surface area contributed by atoms with Crippen LogP contribution in [0.4, 0.5) is 11.5 Å². The van der Waals surface area contributed by atoms with Crippen LogP contribution in [0.3, 0.4) is 0 Å². The molecule has 1 aromatic carbocycles. The lowest BCUT2D eigenvalue weighted by Gasteiger charge is -2.29. The van der Waals surface area contributed by atoms with Crippen LogP contribution in [0.2, 0.25) is 0 Å². The lowest BCUT2D eigenvalue weighted by atomic mass is 10.0. The monoisotopic (exact) mass is 323 g/mol. The average molecular weight is 323 g/mol. The number of nitrogens with one attached hydrogen (secondary N) is 1. The molecule has 1 aromatic heterocycles. The summed E-state index contributed by atoms with van der Waals surface area (Å²) < 4.78 is 0. The number of hydrogen-bond acceptors (Lipinski definition) is 3. The first-order chi connectivity index (χ1) is 11.6. The molecule has 1 fully saturated rings. The zero-order valence-corrected chi connectivity index (χ0v) is 14.5. The quantitative estimate of drug-likeness (QED) is 0.904. The van der Waals surface area contributed by atoms with Crippen LogP contribution in [0.5, 0.6) is 0 Å². The molecule has 4 heteroatoms. The maximum Gasteiger partial charge on any atom is 0.259 e. The van der Waals surface area contributed by atoms with Crippen molar-refractivity contribution in [3.63, 3.8) is 0 Å². The number of pyridine rings is 1. The van der Waals surface area contributed by atoms with Crippen molar-refractivity contribution in [3.05, 3.63) is 53.7 Å². The molecule has 1 aliphatic heterocycles. The van der Waals surface area contributed by atoms with E-state index in [9.17, 15) is 4.79 Å². The van der Waals surface area contributed by atoms with E-state index in [-0.39, 0.29) is 5.91 Å². The fourth-order valence-electron chi connectivity index (χ4n) is 3.11. The molecule has 2 aromatic rings. The van der Waals surface area contributed by atoms with Crippen LogP contribution in [0, 0.1) is 0 Å². The Kier molecular flexibility index (Phi) is 5.14. The van der Waals surface area contributed by atoms with Crippen LogP contribution >= 0.6 is 0 Å². The van der Waals surface area contributed by atoms with Gasteiger partial charge in [0.15, 0.2) is 0 Å². The van der Waals surface area contributed by atoms with E-state index in [1.807, 2.05) is 30.3 Å². The Labute approximate surface area is 143 Å². The maximum atomic E-state index is 12.8. The highest BCUT2D eigenvalue weighted by atomic mass is 16.1. The molecule has 0 atom stereocenters. The Morgan fingerprint density at radius 1 is 1.12 bits per heavy atom. The minimum atomic E-state index is -0.0930. The van der Waals surface area contributed by atoms with Crippen molar-refractivity contribution in [2.75, 3.05) is 23.3 Å². The fraction of sp³-hybridized carbons (Fsp3) is 0.400. The van der Waals surface area contributed by atoms with Gasteiger partial charge < -0.3 is 10.2 Å². The van der Waals surface area contributed by atoms with E-state index < -0.39 is 0 Å². The number of carbonyl (C=O) groups excluding carboxylic acids is 1. The number of anilines is 2. The first kappa shape index (κ1) is 16.5. The van der Waals surface area contributed by atoms with Gasteiger partial charge >= 0.3 is 0 Å². The molecule has 1 N–H and O–H groups in total. The highest BCUT2D eigenvalue weighted by Crippen LogP contribution is 2.24. The summed E-state index contributed by atoms with van der Waals surface area (Å²) >= 11 is 0. The van der Waals surface area contributed by atoms with Gasteiger partial charge in [-0.25, -0.2) is 4.98 Å². The average Bonchev–Trinajstić information content (AvgIpc) is 2.62. The first-order valence-electron chi connectivity index (χ1n) is 8.76. The molecule has 1 amide bonds. The summed E-state index contributed by atoms with van der Waals surface area (Å²) in [5.41, 5.74) is 2.70. The van der Waals surface area contributed by atoms with Gasteiger partial charge in [0.2, 0.25) is 0 Å². The lowest BCUT2D eigenvalue weighted by molar-refractivity contribution is 0.102. The smallest absolute Gasteiger partial charge is 0.259 e. The predicted molar refractivity (Wildman–Crippen MR) is 98.8 cm³/mol. The van der Waals surface area contributed by atoms with Crippen molar-refractivity contribution in [2.45, 2.75) is 39.0 Å². The third-order valence-electron chi connectivity index (χ3n) is 4.50. The van der Waals surface area contributed by atoms with Crippen molar-refractivity contribution < 1.29 is 4.79 Å². The van der Waals surface area contributed by atoms with Gasteiger partial charge in [-0.15, -0.1) is 0 Å². The van der Waals surface area contributed by atoms with Crippen LogP contribution < -0.4 is 10.2 Å². The van der Waals surface area contributed by atoms with Gasteiger partial charge in [0.05, 0.1) is 5.56 Å². The van der Waals surface area contributed by atoms with Gasteiger partial charge in [-0.05, 0) is 55.0 Å². The van der Waals surface area contributed by atoms with Crippen molar-refractivity contribution in [1.29, 1.82) is 0 Å². The van der Waals surface area contributed by atoms with E-state index >= 15 is 0 Å². The van der Waals surface area contributed by atoms with Gasteiger partial charge in [0, 0.05) is 25.0 Å². The summed E-state index contributed by atoms with van der Waals surface area (Å²) in [6.45, 7) is 6.24. The van der Waals surface area contributed by atoms with Crippen LogP contribution in [-0.4, -0.2) is 24.0 Å². The Balaban J connectivity index is 1.81. The summed E-state index contributed by atoms with van der Waals surface area (Å²) in [5.74, 6) is 1.14. The van der Waals surface area contributed by atoms with E-state index in [2.05, 4.69) is 35.1 Å². The summed E-state index contributed by atoms with van der Waals surface area (Å²) in [7, 11) is 0. The Morgan fingerprint density at radius 3 is 2.67 bits per heavy atom. The molecule has 3 rings (SSSR count). The van der Waals surface area contributed by atoms with Gasteiger partial charge in [0.25, 0.3) is 5.91 Å².